The van der Waals surface area contributed by atoms with Crippen LogP contribution in [0.5, 0.6) is 0 Å². The van der Waals surface area contributed by atoms with Crippen molar-refractivity contribution in [3.8, 4) is 22.3 Å². The maximum Gasteiger partial charge on any atom is 4.00 e. The Morgan fingerprint density at radius 1 is 0.472 bits per heavy atom. The zero-order valence-corrected chi connectivity index (χ0v) is 35.7. The molecular weight excluding hydrogens is 771 g/mol. The van der Waals surface area contributed by atoms with Crippen molar-refractivity contribution in [2.24, 2.45) is 0 Å². The van der Waals surface area contributed by atoms with Crippen molar-refractivity contribution in [3.63, 3.8) is 0 Å². The van der Waals surface area contributed by atoms with Crippen molar-refractivity contribution in [2.75, 3.05) is 0 Å². The van der Waals surface area contributed by atoms with Crippen molar-refractivity contribution in [1.82, 2.24) is 0 Å². The van der Waals surface area contributed by atoms with Crippen LogP contribution in [-0.4, -0.2) is 0 Å². The third-order valence-corrected chi connectivity index (χ3v) is 9.91. The SMILES string of the molecule is Cc1ccc(C2[C-]=Cc3c(-c4ccc(C(C)(C)C)cc4)cccc32)o1.Cc1ccc(C2[C-]=Cc3c(-c4ccc(C(C)(C)C)cc4)cccc32)o1.[Cl-].[Cl-].[Zr+4]. The second-order valence-corrected chi connectivity index (χ2v) is 15.7. The monoisotopic (exact) mass is 814 g/mol. The van der Waals surface area contributed by atoms with Gasteiger partial charge >= 0.3 is 26.2 Å². The maximum atomic E-state index is 5.84. The smallest absolute Gasteiger partial charge is 1.00 e. The van der Waals surface area contributed by atoms with E-state index in [0.29, 0.717) is 0 Å². The summed E-state index contributed by atoms with van der Waals surface area (Å²) in [5, 5.41) is 0. The zero-order valence-electron chi connectivity index (χ0n) is 31.8. The second-order valence-electron chi connectivity index (χ2n) is 15.7. The normalized spacial score (nSPS) is 15.3. The number of hydrogen-bond donors (Lipinski definition) is 0. The topological polar surface area (TPSA) is 26.3 Å². The average molecular weight is 817 g/mol. The summed E-state index contributed by atoms with van der Waals surface area (Å²) in [5.41, 5.74) is 13.1. The molecule has 2 nitrogen and oxygen atoms in total. The van der Waals surface area contributed by atoms with Crippen LogP contribution in [0.4, 0.5) is 0 Å². The molecular formula is C48H46Cl2O2Zr. The number of aryl methyl sites for hydroxylation is 2. The van der Waals surface area contributed by atoms with E-state index in [4.69, 9.17) is 8.83 Å². The van der Waals surface area contributed by atoms with E-state index in [1.54, 1.807) is 0 Å². The van der Waals surface area contributed by atoms with Crippen LogP contribution in [0.25, 0.3) is 34.4 Å². The minimum atomic E-state index is 0. The Bertz CT molecular complexity index is 2040. The first-order chi connectivity index (χ1) is 23.9. The molecule has 4 aromatic carbocycles. The number of benzene rings is 4. The average Bonchev–Trinajstić information content (AvgIpc) is 3.90. The van der Waals surface area contributed by atoms with E-state index in [1.807, 2.05) is 26.0 Å². The van der Waals surface area contributed by atoms with E-state index in [9.17, 15) is 0 Å². The molecule has 0 saturated heterocycles. The van der Waals surface area contributed by atoms with Gasteiger partial charge in [0.1, 0.15) is 11.5 Å². The molecule has 2 heterocycles. The maximum absolute atomic E-state index is 5.84. The van der Waals surface area contributed by atoms with E-state index in [1.165, 1.54) is 55.6 Å². The van der Waals surface area contributed by atoms with Gasteiger partial charge in [0, 0.05) is 0 Å². The molecule has 0 spiro atoms. The van der Waals surface area contributed by atoms with Gasteiger partial charge in [0.25, 0.3) is 0 Å². The quantitative estimate of drug-likeness (QED) is 0.179. The summed E-state index contributed by atoms with van der Waals surface area (Å²) in [6, 6.07) is 39.1. The van der Waals surface area contributed by atoms with Crippen molar-refractivity contribution in [2.45, 2.75) is 78.1 Å². The van der Waals surface area contributed by atoms with E-state index in [-0.39, 0.29) is 73.7 Å². The molecule has 0 N–H and O–H groups in total. The Labute approximate surface area is 347 Å². The molecule has 53 heavy (non-hydrogen) atoms. The summed E-state index contributed by atoms with van der Waals surface area (Å²) >= 11 is 0. The summed E-state index contributed by atoms with van der Waals surface area (Å²) in [7, 11) is 0. The number of halogens is 2. The summed E-state index contributed by atoms with van der Waals surface area (Å²) in [5.74, 6) is 4.01. The molecule has 6 aromatic rings. The molecule has 2 aromatic heterocycles. The number of allylic oxidation sites excluding steroid dienone is 2. The molecule has 2 unspecified atom stereocenters. The summed E-state index contributed by atoms with van der Waals surface area (Å²) < 4.78 is 11.7. The molecule has 2 aliphatic rings. The molecule has 8 rings (SSSR count). The summed E-state index contributed by atoms with van der Waals surface area (Å²) in [6.07, 6.45) is 11.2. The van der Waals surface area contributed by atoms with Crippen molar-refractivity contribution < 1.29 is 59.9 Å². The Kier molecular flexibility index (Phi) is 13.4. The Balaban J connectivity index is 0.000000224. The predicted octanol–water partition coefficient (Wildman–Crippen LogP) is 7.03. The molecule has 0 bridgehead atoms. The van der Waals surface area contributed by atoms with Gasteiger partial charge in [0.05, 0.1) is 11.5 Å². The van der Waals surface area contributed by atoms with E-state index in [0.717, 1.165) is 23.0 Å². The van der Waals surface area contributed by atoms with Crippen molar-refractivity contribution >= 4 is 12.2 Å². The number of fused-ring (bicyclic) bond motifs is 2. The Morgan fingerprint density at radius 3 is 1.13 bits per heavy atom. The van der Waals surface area contributed by atoms with Gasteiger partial charge in [-0.05, 0) is 83.0 Å². The van der Waals surface area contributed by atoms with E-state index in [2.05, 4.69) is 163 Å². The summed E-state index contributed by atoms with van der Waals surface area (Å²) in [6.45, 7) is 17.4. The van der Waals surface area contributed by atoms with Gasteiger partial charge in [-0.3, -0.25) is 12.2 Å². The van der Waals surface area contributed by atoms with Crippen molar-refractivity contribution in [1.29, 1.82) is 0 Å². The first-order valence-corrected chi connectivity index (χ1v) is 17.7. The van der Waals surface area contributed by atoms with Crippen LogP contribution >= 0.6 is 0 Å². The summed E-state index contributed by atoms with van der Waals surface area (Å²) in [4.78, 5) is 0. The van der Waals surface area contributed by atoms with Gasteiger partial charge < -0.3 is 33.6 Å². The fraction of sp³-hybridized carbons (Fsp3) is 0.250. The van der Waals surface area contributed by atoms with E-state index < -0.39 is 0 Å². The predicted molar refractivity (Wildman–Crippen MR) is 207 cm³/mol. The van der Waals surface area contributed by atoms with Crippen LogP contribution in [0.3, 0.4) is 0 Å². The van der Waals surface area contributed by atoms with Gasteiger partial charge in [0.15, 0.2) is 0 Å². The first kappa shape index (κ1) is 42.1. The largest absolute Gasteiger partial charge is 4.00 e. The van der Waals surface area contributed by atoms with Gasteiger partial charge in [-0.25, -0.2) is 12.2 Å². The van der Waals surface area contributed by atoms with Crippen molar-refractivity contribution in [3.05, 3.63) is 178 Å². The van der Waals surface area contributed by atoms with Gasteiger partial charge in [-0.15, -0.1) is 11.1 Å². The van der Waals surface area contributed by atoms with E-state index >= 15 is 0 Å². The number of rotatable bonds is 4. The van der Waals surface area contributed by atoms with Crippen LogP contribution in [0.1, 0.15) is 110 Å². The molecule has 0 aliphatic heterocycles. The third kappa shape index (κ3) is 8.86. The first-order valence-electron chi connectivity index (χ1n) is 17.7. The van der Waals surface area contributed by atoms with Gasteiger partial charge in [0.2, 0.25) is 0 Å². The molecule has 2 aliphatic carbocycles. The molecule has 5 heteroatoms. The van der Waals surface area contributed by atoms with Crippen LogP contribution in [0, 0.1) is 26.0 Å². The molecule has 2 atom stereocenters. The minimum Gasteiger partial charge on any atom is -1.00 e. The fourth-order valence-electron chi connectivity index (χ4n) is 7.00. The van der Waals surface area contributed by atoms with Crippen LogP contribution < -0.4 is 24.8 Å². The third-order valence-electron chi connectivity index (χ3n) is 9.91. The molecule has 268 valence electrons. The Hall–Kier alpha value is -3.62. The van der Waals surface area contributed by atoms with Crippen LogP contribution in [0.2, 0.25) is 0 Å². The zero-order chi connectivity index (χ0) is 35.2. The number of hydrogen-bond acceptors (Lipinski definition) is 2. The van der Waals surface area contributed by atoms with Crippen LogP contribution in [-0.2, 0) is 37.0 Å². The van der Waals surface area contributed by atoms with Gasteiger partial charge in [-0.2, -0.15) is 11.1 Å². The molecule has 0 radical (unpaired) electrons. The van der Waals surface area contributed by atoms with Crippen LogP contribution in [0.15, 0.2) is 118 Å². The Morgan fingerprint density at radius 2 is 0.830 bits per heavy atom. The fourth-order valence-corrected chi connectivity index (χ4v) is 7.00. The minimum absolute atomic E-state index is 0. The molecule has 0 saturated carbocycles. The molecule has 0 amide bonds. The number of furan rings is 2. The molecule has 0 fully saturated rings. The standard InChI is InChI=1S/2C24H23O.2ClH.Zr/c2*1-16-8-15-23(25-16)22-14-13-21-19(6-5-7-20(21)22)17-9-11-18(12-10-17)24(2,3)4;;;/h2*5-13,15,22H,1-4H3;2*1H;/q2*-1;;;+4/p-2. The second kappa shape index (κ2) is 16.8. The van der Waals surface area contributed by atoms with Gasteiger partial charge in [-0.1, -0.05) is 138 Å².